The number of hydrogen-bond donors (Lipinski definition) is 1. The van der Waals surface area contributed by atoms with Crippen molar-refractivity contribution in [1.82, 2.24) is 0 Å². The number of piperidine rings is 1. The van der Waals surface area contributed by atoms with E-state index < -0.39 is 4.75 Å². The van der Waals surface area contributed by atoms with E-state index >= 15 is 0 Å². The molecule has 2 amide bonds. The Morgan fingerprint density at radius 3 is 2.45 bits per heavy atom. The Morgan fingerprint density at radius 2 is 1.76 bits per heavy atom. The summed E-state index contributed by atoms with van der Waals surface area (Å²) in [6.45, 7) is 6.35. The summed E-state index contributed by atoms with van der Waals surface area (Å²) in [5, 5.41) is 2.96. The Labute approximate surface area is 176 Å². The molecule has 1 atom stereocenters. The lowest BCUT2D eigenvalue weighted by Crippen LogP contribution is -2.54. The largest absolute Gasteiger partial charge is 0.372 e. The van der Waals surface area contributed by atoms with E-state index in [1.807, 2.05) is 55.5 Å². The zero-order valence-electron chi connectivity index (χ0n) is 17.0. The molecule has 2 heterocycles. The van der Waals surface area contributed by atoms with Gasteiger partial charge in [0.15, 0.2) is 4.75 Å². The molecule has 152 valence electrons. The van der Waals surface area contributed by atoms with Crippen molar-refractivity contribution in [3.05, 3.63) is 48.5 Å². The molecule has 0 aromatic heterocycles. The van der Waals surface area contributed by atoms with Gasteiger partial charge in [-0.05, 0) is 69.5 Å². The molecule has 2 aliphatic heterocycles. The average Bonchev–Trinajstić information content (AvgIpc) is 2.76. The Kier molecular flexibility index (Phi) is 5.54. The second kappa shape index (κ2) is 8.11. The lowest BCUT2D eigenvalue weighted by Gasteiger charge is -2.38. The van der Waals surface area contributed by atoms with Crippen LogP contribution in [0.4, 0.5) is 17.1 Å². The maximum atomic E-state index is 13.2. The SMILES string of the molecule is CCN1C(=O)C(C)(C(=O)Nc2ccc(N3CCCCC3)cc2)Sc2ccccc21. The molecule has 0 radical (unpaired) electrons. The van der Waals surface area contributed by atoms with Crippen LogP contribution in [0.3, 0.4) is 0 Å². The first-order valence-electron chi connectivity index (χ1n) is 10.3. The van der Waals surface area contributed by atoms with E-state index in [9.17, 15) is 9.59 Å². The highest BCUT2D eigenvalue weighted by Crippen LogP contribution is 2.45. The van der Waals surface area contributed by atoms with Crippen LogP contribution in [0.1, 0.15) is 33.1 Å². The minimum atomic E-state index is -1.20. The van der Waals surface area contributed by atoms with Crippen LogP contribution in [0.5, 0.6) is 0 Å². The first-order valence-corrected chi connectivity index (χ1v) is 11.1. The van der Waals surface area contributed by atoms with E-state index in [-0.39, 0.29) is 11.8 Å². The maximum absolute atomic E-state index is 13.2. The Bertz CT molecular complexity index is 909. The number of anilines is 3. The molecule has 2 aromatic carbocycles. The summed E-state index contributed by atoms with van der Waals surface area (Å²) in [6, 6.07) is 15.7. The van der Waals surface area contributed by atoms with Crippen molar-refractivity contribution in [3.63, 3.8) is 0 Å². The Balaban J connectivity index is 1.52. The van der Waals surface area contributed by atoms with E-state index in [1.54, 1.807) is 11.8 Å². The smallest absolute Gasteiger partial charge is 0.252 e. The van der Waals surface area contributed by atoms with Crippen LogP contribution in [-0.4, -0.2) is 36.2 Å². The lowest BCUT2D eigenvalue weighted by atomic mass is 10.1. The van der Waals surface area contributed by atoms with Gasteiger partial charge in [0.05, 0.1) is 5.69 Å². The summed E-state index contributed by atoms with van der Waals surface area (Å²) >= 11 is 1.33. The summed E-state index contributed by atoms with van der Waals surface area (Å²) < 4.78 is -1.20. The van der Waals surface area contributed by atoms with Crippen molar-refractivity contribution in [2.45, 2.75) is 42.8 Å². The number of rotatable bonds is 4. The van der Waals surface area contributed by atoms with Crippen LogP contribution in [-0.2, 0) is 9.59 Å². The highest BCUT2D eigenvalue weighted by atomic mass is 32.2. The summed E-state index contributed by atoms with van der Waals surface area (Å²) in [5.41, 5.74) is 2.77. The van der Waals surface area contributed by atoms with Gasteiger partial charge >= 0.3 is 0 Å². The van der Waals surface area contributed by atoms with Crippen molar-refractivity contribution in [1.29, 1.82) is 0 Å². The molecular formula is C23H27N3O2S. The van der Waals surface area contributed by atoms with Crippen molar-refractivity contribution in [3.8, 4) is 0 Å². The van der Waals surface area contributed by atoms with Crippen LogP contribution in [0.25, 0.3) is 0 Å². The van der Waals surface area contributed by atoms with Gasteiger partial charge in [-0.15, -0.1) is 0 Å². The second-order valence-electron chi connectivity index (χ2n) is 7.70. The zero-order valence-corrected chi connectivity index (χ0v) is 17.8. The van der Waals surface area contributed by atoms with Crippen LogP contribution >= 0.6 is 11.8 Å². The number of carbonyl (C=O) groups is 2. The molecule has 4 rings (SSSR count). The van der Waals surface area contributed by atoms with Gasteiger partial charge in [0, 0.05) is 35.9 Å². The van der Waals surface area contributed by atoms with Crippen molar-refractivity contribution < 1.29 is 9.59 Å². The molecule has 0 saturated carbocycles. The van der Waals surface area contributed by atoms with Gasteiger partial charge in [0.25, 0.3) is 5.91 Å². The topological polar surface area (TPSA) is 52.7 Å². The highest BCUT2D eigenvalue weighted by molar-refractivity contribution is 8.02. The number of hydrogen-bond acceptors (Lipinski definition) is 4. The van der Waals surface area contributed by atoms with E-state index in [4.69, 9.17) is 0 Å². The first kappa shape index (κ1) is 19.8. The van der Waals surface area contributed by atoms with Crippen molar-refractivity contribution in [2.24, 2.45) is 0 Å². The predicted molar refractivity (Wildman–Crippen MR) is 120 cm³/mol. The molecule has 1 saturated heterocycles. The van der Waals surface area contributed by atoms with Gasteiger partial charge < -0.3 is 15.1 Å². The highest BCUT2D eigenvalue weighted by Gasteiger charge is 2.48. The molecule has 0 aliphatic carbocycles. The maximum Gasteiger partial charge on any atom is 0.252 e. The van der Waals surface area contributed by atoms with Crippen LogP contribution in [0, 0.1) is 0 Å². The molecule has 0 spiro atoms. The quantitative estimate of drug-likeness (QED) is 0.754. The summed E-state index contributed by atoms with van der Waals surface area (Å²) in [5.74, 6) is -0.461. The average molecular weight is 410 g/mol. The fourth-order valence-electron chi connectivity index (χ4n) is 4.01. The molecule has 1 fully saturated rings. The number of benzene rings is 2. The third kappa shape index (κ3) is 3.73. The van der Waals surface area contributed by atoms with Gasteiger partial charge in [0.2, 0.25) is 5.91 Å². The molecule has 2 aliphatic rings. The predicted octanol–water partition coefficient (Wildman–Crippen LogP) is 4.53. The standard InChI is InChI=1S/C23H27N3O2S/c1-3-26-19-9-5-6-10-20(19)29-23(2,22(26)28)21(27)24-17-11-13-18(14-12-17)25-15-7-4-8-16-25/h5-6,9-14H,3-4,7-8,15-16H2,1-2H3,(H,24,27). The van der Waals surface area contributed by atoms with Crippen molar-refractivity contribution in [2.75, 3.05) is 34.8 Å². The molecular weight excluding hydrogens is 382 g/mol. The molecule has 1 unspecified atom stereocenters. The number of amides is 2. The molecule has 2 aromatic rings. The number of thioether (sulfide) groups is 1. The Morgan fingerprint density at radius 1 is 1.07 bits per heavy atom. The number of para-hydroxylation sites is 1. The minimum Gasteiger partial charge on any atom is -0.372 e. The fraction of sp³-hybridized carbons (Fsp3) is 0.391. The van der Waals surface area contributed by atoms with Crippen molar-refractivity contribution >= 4 is 40.6 Å². The van der Waals surface area contributed by atoms with Gasteiger partial charge in [-0.1, -0.05) is 23.9 Å². The third-order valence-electron chi connectivity index (χ3n) is 5.72. The van der Waals surface area contributed by atoms with E-state index in [2.05, 4.69) is 10.2 Å². The molecule has 6 heteroatoms. The summed E-state index contributed by atoms with van der Waals surface area (Å²) in [7, 11) is 0. The zero-order chi connectivity index (χ0) is 20.4. The third-order valence-corrected chi connectivity index (χ3v) is 7.05. The lowest BCUT2D eigenvalue weighted by molar-refractivity contribution is -0.128. The molecule has 1 N–H and O–H groups in total. The number of fused-ring (bicyclic) bond motifs is 1. The van der Waals surface area contributed by atoms with Gasteiger partial charge in [-0.2, -0.15) is 0 Å². The Hall–Kier alpha value is -2.47. The number of nitrogens with zero attached hydrogens (tertiary/aromatic N) is 2. The number of nitrogens with one attached hydrogen (secondary N) is 1. The van der Waals surface area contributed by atoms with Crippen LogP contribution in [0.15, 0.2) is 53.4 Å². The minimum absolute atomic E-state index is 0.175. The monoisotopic (exact) mass is 409 g/mol. The van der Waals surface area contributed by atoms with Gasteiger partial charge in [-0.25, -0.2) is 0 Å². The van der Waals surface area contributed by atoms with Crippen LogP contribution < -0.4 is 15.1 Å². The number of carbonyl (C=O) groups excluding carboxylic acids is 2. The van der Waals surface area contributed by atoms with Gasteiger partial charge in [0.1, 0.15) is 0 Å². The first-order chi connectivity index (χ1) is 14.0. The second-order valence-corrected chi connectivity index (χ2v) is 9.16. The normalized spacial score (nSPS) is 21.7. The summed E-state index contributed by atoms with van der Waals surface area (Å²) in [6.07, 6.45) is 3.75. The van der Waals surface area contributed by atoms with Crippen LogP contribution in [0.2, 0.25) is 0 Å². The van der Waals surface area contributed by atoms with E-state index in [0.717, 1.165) is 23.7 Å². The van der Waals surface area contributed by atoms with E-state index in [1.165, 1.54) is 36.7 Å². The molecule has 5 nitrogen and oxygen atoms in total. The molecule has 0 bridgehead atoms. The molecule has 29 heavy (non-hydrogen) atoms. The summed E-state index contributed by atoms with van der Waals surface area (Å²) in [4.78, 5) is 31.4. The van der Waals surface area contributed by atoms with E-state index in [0.29, 0.717) is 12.2 Å². The fourth-order valence-corrected chi connectivity index (χ4v) is 5.22. The van der Waals surface area contributed by atoms with Gasteiger partial charge in [-0.3, -0.25) is 9.59 Å².